The Labute approximate surface area is 66.9 Å². The van der Waals surface area contributed by atoms with E-state index in [9.17, 15) is 9.59 Å². The van der Waals surface area contributed by atoms with E-state index < -0.39 is 0 Å². The topological polar surface area (TPSA) is 37.4 Å². The van der Waals surface area contributed by atoms with Gasteiger partial charge in [-0.1, -0.05) is 0 Å². The van der Waals surface area contributed by atoms with Gasteiger partial charge in [0.1, 0.15) is 6.29 Å². The third-order valence-corrected chi connectivity index (χ3v) is 2.59. The minimum atomic E-state index is -0.168. The van der Waals surface area contributed by atoms with E-state index in [0.29, 0.717) is 12.8 Å². The van der Waals surface area contributed by atoms with Crippen molar-refractivity contribution >= 4 is 35.1 Å². The first-order valence-electron chi connectivity index (χ1n) is 2.69. The minimum absolute atomic E-state index is 0.0627. The first-order valence-corrected chi connectivity index (χ1v) is 3.65. The van der Waals surface area contributed by atoms with Crippen molar-refractivity contribution in [2.24, 2.45) is 0 Å². The SMILES string of the molecule is O=CC1CCC(=O)N1I. The van der Waals surface area contributed by atoms with Crippen molar-refractivity contribution < 1.29 is 9.59 Å². The molecule has 1 heterocycles. The molecule has 50 valence electrons. The minimum Gasteiger partial charge on any atom is -0.301 e. The van der Waals surface area contributed by atoms with Gasteiger partial charge < -0.3 is 4.79 Å². The van der Waals surface area contributed by atoms with Gasteiger partial charge in [0.2, 0.25) is 5.91 Å². The Morgan fingerprint density at radius 3 is 2.67 bits per heavy atom. The summed E-state index contributed by atoms with van der Waals surface area (Å²) in [7, 11) is 0. The van der Waals surface area contributed by atoms with Crippen LogP contribution in [-0.4, -0.2) is 21.3 Å². The highest BCUT2D eigenvalue weighted by Gasteiger charge is 2.28. The first-order chi connectivity index (χ1) is 4.25. The molecular weight excluding hydrogens is 233 g/mol. The summed E-state index contributed by atoms with van der Waals surface area (Å²) in [6.45, 7) is 0. The molecule has 0 spiro atoms. The molecule has 0 aromatic rings. The van der Waals surface area contributed by atoms with Gasteiger partial charge in [-0.25, -0.2) is 0 Å². The Kier molecular flexibility index (Phi) is 2.05. The molecular formula is C5H6INO2. The van der Waals surface area contributed by atoms with Crippen LogP contribution in [0.15, 0.2) is 0 Å². The summed E-state index contributed by atoms with van der Waals surface area (Å²) in [4.78, 5) is 20.9. The van der Waals surface area contributed by atoms with E-state index in [1.807, 2.05) is 22.9 Å². The molecule has 1 amide bonds. The van der Waals surface area contributed by atoms with Crippen molar-refractivity contribution in [2.75, 3.05) is 0 Å². The summed E-state index contributed by atoms with van der Waals surface area (Å²) in [6.07, 6.45) is 2.02. The van der Waals surface area contributed by atoms with Crippen molar-refractivity contribution in [3.05, 3.63) is 0 Å². The predicted octanol–water partition coefficient (Wildman–Crippen LogP) is 0.526. The molecule has 1 fully saturated rings. The van der Waals surface area contributed by atoms with Crippen LogP contribution in [0, 0.1) is 0 Å². The molecule has 0 radical (unpaired) electrons. The second-order valence-corrected chi connectivity index (χ2v) is 2.99. The fourth-order valence-electron chi connectivity index (χ4n) is 0.798. The molecule has 1 saturated heterocycles. The molecule has 3 nitrogen and oxygen atoms in total. The zero-order chi connectivity index (χ0) is 6.85. The number of hydrogen-bond donors (Lipinski definition) is 0. The molecule has 1 rings (SSSR count). The highest BCUT2D eigenvalue weighted by atomic mass is 127. The zero-order valence-corrected chi connectivity index (χ0v) is 6.87. The Hall–Kier alpha value is -0.130. The number of halogens is 1. The Morgan fingerprint density at radius 2 is 2.44 bits per heavy atom. The maximum absolute atomic E-state index is 10.7. The van der Waals surface area contributed by atoms with E-state index in [0.717, 1.165) is 6.29 Å². The quantitative estimate of drug-likeness (QED) is 0.380. The van der Waals surface area contributed by atoms with Gasteiger partial charge in [0, 0.05) is 6.42 Å². The van der Waals surface area contributed by atoms with Crippen LogP contribution >= 0.6 is 22.9 Å². The predicted molar refractivity (Wildman–Crippen MR) is 40.0 cm³/mol. The summed E-state index contributed by atoms with van der Waals surface area (Å²) >= 11 is 1.87. The molecule has 0 N–H and O–H groups in total. The van der Waals surface area contributed by atoms with E-state index in [-0.39, 0.29) is 11.9 Å². The average molecular weight is 239 g/mol. The number of nitrogens with zero attached hydrogens (tertiary/aromatic N) is 1. The molecule has 1 aliphatic heterocycles. The largest absolute Gasteiger partial charge is 0.301 e. The van der Waals surface area contributed by atoms with Crippen molar-refractivity contribution in [3.8, 4) is 0 Å². The number of carbonyl (C=O) groups excluding carboxylic acids is 2. The fourth-order valence-corrected chi connectivity index (χ4v) is 1.45. The smallest absolute Gasteiger partial charge is 0.231 e. The highest BCUT2D eigenvalue weighted by Crippen LogP contribution is 2.20. The first kappa shape index (κ1) is 6.98. The van der Waals surface area contributed by atoms with Gasteiger partial charge in [0.05, 0.1) is 28.9 Å². The van der Waals surface area contributed by atoms with Gasteiger partial charge in [-0.15, -0.1) is 0 Å². The number of rotatable bonds is 1. The van der Waals surface area contributed by atoms with Gasteiger partial charge in [0.25, 0.3) is 0 Å². The van der Waals surface area contributed by atoms with E-state index in [4.69, 9.17) is 0 Å². The number of aldehydes is 1. The Bertz CT molecular complexity index is 148. The van der Waals surface area contributed by atoms with E-state index >= 15 is 0 Å². The van der Waals surface area contributed by atoms with Crippen LogP contribution < -0.4 is 0 Å². The summed E-state index contributed by atoms with van der Waals surface area (Å²) in [5.74, 6) is 0.0627. The van der Waals surface area contributed by atoms with Crippen LogP contribution in [0.2, 0.25) is 0 Å². The van der Waals surface area contributed by atoms with Crippen molar-refractivity contribution in [3.63, 3.8) is 0 Å². The number of hydrogen-bond acceptors (Lipinski definition) is 2. The van der Waals surface area contributed by atoms with E-state index in [1.165, 1.54) is 3.11 Å². The zero-order valence-electron chi connectivity index (χ0n) is 4.71. The number of amides is 1. The van der Waals surface area contributed by atoms with Crippen LogP contribution in [-0.2, 0) is 9.59 Å². The fraction of sp³-hybridized carbons (Fsp3) is 0.600. The van der Waals surface area contributed by atoms with Crippen LogP contribution in [0.1, 0.15) is 12.8 Å². The van der Waals surface area contributed by atoms with Gasteiger partial charge in [0.15, 0.2) is 0 Å². The summed E-state index contributed by atoms with van der Waals surface area (Å²) < 4.78 is 1.46. The van der Waals surface area contributed by atoms with Gasteiger partial charge in [-0.2, -0.15) is 0 Å². The lowest BCUT2D eigenvalue weighted by Crippen LogP contribution is -2.23. The van der Waals surface area contributed by atoms with E-state index in [1.54, 1.807) is 0 Å². The molecule has 0 aromatic heterocycles. The second kappa shape index (κ2) is 2.64. The van der Waals surface area contributed by atoms with E-state index in [2.05, 4.69) is 0 Å². The lowest BCUT2D eigenvalue weighted by molar-refractivity contribution is -0.124. The molecule has 4 heteroatoms. The highest BCUT2D eigenvalue weighted by molar-refractivity contribution is 14.1. The van der Waals surface area contributed by atoms with Crippen molar-refractivity contribution in [1.29, 1.82) is 0 Å². The molecule has 0 aromatic carbocycles. The average Bonchev–Trinajstić information content (AvgIpc) is 2.15. The molecule has 0 bridgehead atoms. The van der Waals surface area contributed by atoms with Gasteiger partial charge >= 0.3 is 0 Å². The summed E-state index contributed by atoms with van der Waals surface area (Å²) in [5.41, 5.74) is 0. The maximum atomic E-state index is 10.7. The van der Waals surface area contributed by atoms with Crippen LogP contribution in [0.25, 0.3) is 0 Å². The lowest BCUT2D eigenvalue weighted by atomic mass is 10.2. The lowest BCUT2D eigenvalue weighted by Gasteiger charge is -2.08. The third kappa shape index (κ3) is 1.23. The maximum Gasteiger partial charge on any atom is 0.231 e. The Balaban J connectivity index is 2.61. The third-order valence-electron chi connectivity index (χ3n) is 1.34. The summed E-state index contributed by atoms with van der Waals surface area (Å²) in [5, 5.41) is 0. The standard InChI is InChI=1S/C5H6INO2/c6-7-4(3-8)1-2-5(7)9/h3-4H,1-2H2. The molecule has 0 aliphatic carbocycles. The normalized spacial score (nSPS) is 27.0. The molecule has 9 heavy (non-hydrogen) atoms. The molecule has 1 aliphatic rings. The molecule has 1 atom stereocenters. The van der Waals surface area contributed by atoms with Gasteiger partial charge in [-0.05, 0) is 6.42 Å². The van der Waals surface area contributed by atoms with Crippen molar-refractivity contribution in [2.45, 2.75) is 18.9 Å². The van der Waals surface area contributed by atoms with Crippen LogP contribution in [0.4, 0.5) is 0 Å². The molecule has 0 saturated carbocycles. The second-order valence-electron chi connectivity index (χ2n) is 1.95. The van der Waals surface area contributed by atoms with Gasteiger partial charge in [-0.3, -0.25) is 7.91 Å². The monoisotopic (exact) mass is 239 g/mol. The van der Waals surface area contributed by atoms with Crippen molar-refractivity contribution in [1.82, 2.24) is 3.11 Å². The summed E-state index contributed by atoms with van der Waals surface area (Å²) in [6, 6.07) is -0.168. The Morgan fingerprint density at radius 1 is 1.78 bits per heavy atom. The van der Waals surface area contributed by atoms with Crippen LogP contribution in [0.5, 0.6) is 0 Å². The molecule has 1 unspecified atom stereocenters. The van der Waals surface area contributed by atoms with Crippen LogP contribution in [0.3, 0.4) is 0 Å². The number of carbonyl (C=O) groups is 2.